The maximum atomic E-state index is 12.0. The average Bonchev–Trinajstić information content (AvgIpc) is 2.36. The summed E-state index contributed by atoms with van der Waals surface area (Å²) in [5, 5.41) is 0. The lowest BCUT2D eigenvalue weighted by atomic mass is 9.98. The second kappa shape index (κ2) is 7.30. The van der Waals surface area contributed by atoms with Crippen LogP contribution in [0, 0.1) is 0 Å². The van der Waals surface area contributed by atoms with Gasteiger partial charge in [-0.05, 0) is 25.7 Å². The number of carbonyl (C=O) groups is 2. The van der Waals surface area contributed by atoms with Gasteiger partial charge in [-0.3, -0.25) is 9.59 Å². The molecule has 98 valence electrons. The van der Waals surface area contributed by atoms with E-state index in [1.54, 1.807) is 0 Å². The Kier molecular flexibility index (Phi) is 6.01. The molecule has 1 fully saturated rings. The normalized spacial score (nSPS) is 20.1. The third-order valence-electron chi connectivity index (χ3n) is 3.32. The van der Waals surface area contributed by atoms with Crippen LogP contribution in [0.2, 0.25) is 0 Å². The van der Waals surface area contributed by atoms with E-state index in [4.69, 9.17) is 0 Å². The molecule has 1 saturated heterocycles. The van der Waals surface area contributed by atoms with Gasteiger partial charge in [0.25, 0.3) is 0 Å². The third-order valence-corrected chi connectivity index (χ3v) is 3.32. The minimum absolute atomic E-state index is 0.0561. The van der Waals surface area contributed by atoms with Gasteiger partial charge in [-0.1, -0.05) is 13.3 Å². The minimum Gasteiger partial charge on any atom is -0.469 e. The number of hydrogen-bond donors (Lipinski definition) is 0. The van der Waals surface area contributed by atoms with E-state index in [1.807, 2.05) is 4.90 Å². The van der Waals surface area contributed by atoms with Gasteiger partial charge < -0.3 is 9.64 Å². The molecule has 1 amide bonds. The molecule has 4 heteroatoms. The van der Waals surface area contributed by atoms with Crippen LogP contribution < -0.4 is 0 Å². The number of likely N-dealkylation sites (tertiary alicyclic amines) is 1. The summed E-state index contributed by atoms with van der Waals surface area (Å²) < 4.78 is 4.69. The van der Waals surface area contributed by atoms with Crippen molar-refractivity contribution in [2.24, 2.45) is 0 Å². The van der Waals surface area contributed by atoms with E-state index >= 15 is 0 Å². The Hall–Kier alpha value is -1.06. The van der Waals surface area contributed by atoms with Gasteiger partial charge in [0.1, 0.15) is 0 Å². The number of esters is 1. The molecule has 0 spiro atoms. The van der Waals surface area contributed by atoms with E-state index in [2.05, 4.69) is 11.7 Å². The van der Waals surface area contributed by atoms with Gasteiger partial charge in [-0.25, -0.2) is 0 Å². The second-order valence-corrected chi connectivity index (χ2v) is 4.62. The second-order valence-electron chi connectivity index (χ2n) is 4.62. The van der Waals surface area contributed by atoms with Crippen molar-refractivity contribution in [3.05, 3.63) is 0 Å². The molecule has 0 bridgehead atoms. The molecule has 1 aliphatic rings. The van der Waals surface area contributed by atoms with Crippen LogP contribution in [-0.4, -0.2) is 36.5 Å². The molecular formula is C13H23NO3. The van der Waals surface area contributed by atoms with Crippen LogP contribution in [0.25, 0.3) is 0 Å². The van der Waals surface area contributed by atoms with Crippen molar-refractivity contribution in [1.29, 1.82) is 0 Å². The summed E-state index contributed by atoms with van der Waals surface area (Å²) >= 11 is 0. The topological polar surface area (TPSA) is 46.6 Å². The lowest BCUT2D eigenvalue weighted by Crippen LogP contribution is -2.44. The fraction of sp³-hybridized carbons (Fsp3) is 0.846. The van der Waals surface area contributed by atoms with Gasteiger partial charge in [-0.2, -0.15) is 0 Å². The molecule has 0 aromatic rings. The van der Waals surface area contributed by atoms with Crippen LogP contribution in [0.4, 0.5) is 0 Å². The Morgan fingerprint density at radius 2 is 2.12 bits per heavy atom. The van der Waals surface area contributed by atoms with Gasteiger partial charge in [-0.15, -0.1) is 0 Å². The van der Waals surface area contributed by atoms with Crippen LogP contribution in [0.1, 0.15) is 51.9 Å². The zero-order valence-electron chi connectivity index (χ0n) is 10.9. The highest BCUT2D eigenvalue weighted by atomic mass is 16.5. The van der Waals surface area contributed by atoms with E-state index in [9.17, 15) is 9.59 Å². The Morgan fingerprint density at radius 3 is 2.76 bits per heavy atom. The molecule has 1 heterocycles. The molecule has 1 aliphatic heterocycles. The number of rotatable bonds is 5. The van der Waals surface area contributed by atoms with Crippen molar-refractivity contribution >= 4 is 11.9 Å². The quantitative estimate of drug-likeness (QED) is 0.693. The molecule has 0 saturated carbocycles. The lowest BCUT2D eigenvalue weighted by Gasteiger charge is -2.35. The zero-order valence-corrected chi connectivity index (χ0v) is 10.9. The number of carbonyl (C=O) groups excluding carboxylic acids is 2. The first kappa shape index (κ1) is 14.0. The fourth-order valence-corrected chi connectivity index (χ4v) is 2.29. The molecule has 1 atom stereocenters. The molecule has 1 rings (SSSR count). The smallest absolute Gasteiger partial charge is 0.307 e. The summed E-state index contributed by atoms with van der Waals surface area (Å²) in [6.07, 6.45) is 5.98. The van der Waals surface area contributed by atoms with E-state index in [0.717, 1.165) is 38.6 Å². The van der Waals surface area contributed by atoms with Crippen molar-refractivity contribution in [3.8, 4) is 0 Å². The highest BCUT2D eigenvalue weighted by Gasteiger charge is 2.28. The van der Waals surface area contributed by atoms with Gasteiger partial charge in [0.05, 0.1) is 13.5 Å². The van der Waals surface area contributed by atoms with Crippen molar-refractivity contribution < 1.29 is 14.3 Å². The summed E-state index contributed by atoms with van der Waals surface area (Å²) in [6.45, 7) is 2.87. The van der Waals surface area contributed by atoms with Crippen LogP contribution in [0.5, 0.6) is 0 Å². The predicted octanol–water partition coefficient (Wildman–Crippen LogP) is 2.12. The Morgan fingerprint density at radius 1 is 1.35 bits per heavy atom. The zero-order chi connectivity index (χ0) is 12.7. The van der Waals surface area contributed by atoms with Crippen molar-refractivity contribution in [2.75, 3.05) is 13.7 Å². The molecule has 0 radical (unpaired) electrons. The van der Waals surface area contributed by atoms with Gasteiger partial charge >= 0.3 is 5.97 Å². The summed E-state index contributed by atoms with van der Waals surface area (Å²) in [5.41, 5.74) is 0. The number of ether oxygens (including phenoxy) is 1. The molecule has 0 aliphatic carbocycles. The van der Waals surface area contributed by atoms with Crippen molar-refractivity contribution in [3.63, 3.8) is 0 Å². The minimum atomic E-state index is -0.217. The number of piperidine rings is 1. The molecule has 17 heavy (non-hydrogen) atoms. The summed E-state index contributed by atoms with van der Waals surface area (Å²) in [4.78, 5) is 25.2. The Labute approximate surface area is 103 Å². The molecule has 0 N–H and O–H groups in total. The maximum Gasteiger partial charge on any atom is 0.307 e. The number of amides is 1. The van der Waals surface area contributed by atoms with Crippen LogP contribution in [0.15, 0.2) is 0 Å². The monoisotopic (exact) mass is 241 g/mol. The Bertz CT molecular complexity index is 265. The number of hydrogen-bond acceptors (Lipinski definition) is 3. The van der Waals surface area contributed by atoms with Crippen LogP contribution in [0.3, 0.4) is 0 Å². The van der Waals surface area contributed by atoms with Gasteiger partial charge in [0, 0.05) is 19.0 Å². The largest absolute Gasteiger partial charge is 0.469 e. The molecule has 1 unspecified atom stereocenters. The number of nitrogens with zero attached hydrogens (tertiary/aromatic N) is 1. The highest BCUT2D eigenvalue weighted by molar-refractivity contribution is 5.78. The summed E-state index contributed by atoms with van der Waals surface area (Å²) in [6, 6.07) is 0.0561. The molecule has 0 aromatic carbocycles. The van der Waals surface area contributed by atoms with Crippen LogP contribution in [-0.2, 0) is 14.3 Å². The first-order valence-electron chi connectivity index (χ1n) is 6.55. The molecular weight excluding hydrogens is 218 g/mol. The van der Waals surface area contributed by atoms with E-state index in [0.29, 0.717) is 12.8 Å². The van der Waals surface area contributed by atoms with Crippen molar-refractivity contribution in [2.45, 2.75) is 57.9 Å². The first-order chi connectivity index (χ1) is 8.19. The highest BCUT2D eigenvalue weighted by Crippen LogP contribution is 2.21. The standard InChI is InChI=1S/C13H23NO3/c1-3-4-8-12(15)14-9-6-5-7-11(14)10-13(16)17-2/h11H,3-10H2,1-2H3. The number of methoxy groups -OCH3 is 1. The van der Waals surface area contributed by atoms with E-state index in [1.165, 1.54) is 7.11 Å². The summed E-state index contributed by atoms with van der Waals surface area (Å²) in [7, 11) is 1.40. The lowest BCUT2D eigenvalue weighted by molar-refractivity contribution is -0.144. The summed E-state index contributed by atoms with van der Waals surface area (Å²) in [5.74, 6) is -0.0226. The van der Waals surface area contributed by atoms with Crippen molar-refractivity contribution in [1.82, 2.24) is 4.90 Å². The fourth-order valence-electron chi connectivity index (χ4n) is 2.29. The Balaban J connectivity index is 2.52. The first-order valence-corrected chi connectivity index (χ1v) is 6.55. The third kappa shape index (κ3) is 4.36. The average molecular weight is 241 g/mol. The van der Waals surface area contributed by atoms with E-state index < -0.39 is 0 Å². The molecule has 4 nitrogen and oxygen atoms in total. The van der Waals surface area contributed by atoms with Crippen LogP contribution >= 0.6 is 0 Å². The SMILES string of the molecule is CCCCC(=O)N1CCCCC1CC(=O)OC. The number of unbranched alkanes of at least 4 members (excludes halogenated alkanes) is 1. The van der Waals surface area contributed by atoms with Gasteiger partial charge in [0.15, 0.2) is 0 Å². The van der Waals surface area contributed by atoms with E-state index in [-0.39, 0.29) is 17.9 Å². The van der Waals surface area contributed by atoms with Gasteiger partial charge in [0.2, 0.25) is 5.91 Å². The molecule has 0 aromatic heterocycles. The predicted molar refractivity (Wildman–Crippen MR) is 65.5 cm³/mol. The maximum absolute atomic E-state index is 12.0.